The van der Waals surface area contributed by atoms with Gasteiger partial charge in [-0.05, 0) is 36.1 Å². The molecule has 47 heteroatoms. The SMILES string of the molecule is C[C@@H](c1ccccc1)[C@@H]1NC(=O)CNC(=O)[C@H](CO)NC(=O)[C@@H]([C@@H](O)[C@@H]2CN=C(N)[NH+]2[C@H]2O[C@H](CO)[C@@H](O)[C@H](O)[C@@H]2O)NC(=O)[C@H]([C@@H](O)[C@@H]2CN=C(N)[NH2+]2)NC(=O)[C@@H](Cc2ccc(O[C@H]3O[C@H](CO)[C@@H](O[C@H]4O[C@@H]5CO[C@@H](C6CCCC6)O[C@H]5[C@H](O)[C@@H]4O)[C@H](O)[C@@H]3O)cc2)NC1=O.O=C([O-])C(F)(F)F.O=C([O-])C(F)(F)F. The van der Waals surface area contributed by atoms with E-state index in [9.17, 15) is 107 Å². The first-order valence-electron chi connectivity index (χ1n) is 34.6. The summed E-state index contributed by atoms with van der Waals surface area (Å²) in [6.07, 6.45) is -36.1. The number of carboxylic acids is 2. The third-order valence-electron chi connectivity index (χ3n) is 19.5. The molecule has 5 saturated heterocycles. The molecule has 1 saturated carbocycles. The molecule has 10 rings (SSSR count). The van der Waals surface area contributed by atoms with Gasteiger partial charge in [0.05, 0.1) is 33.0 Å². The van der Waals surface area contributed by atoms with Crippen LogP contribution in [0, 0.1) is 5.92 Å². The Hall–Kier alpha value is -8.28. The molecule has 0 spiro atoms. The molecule has 41 nitrogen and oxygen atoms in total. The van der Waals surface area contributed by atoms with E-state index in [4.69, 9.17) is 64.4 Å². The van der Waals surface area contributed by atoms with Crippen LogP contribution in [0.4, 0.5) is 26.3 Å². The highest BCUT2D eigenvalue weighted by molar-refractivity contribution is 5.98. The molecule has 0 bridgehead atoms. The molecule has 111 heavy (non-hydrogen) atoms. The molecule has 2 aromatic rings. The molecule has 6 amide bonds. The molecule has 2 aromatic carbocycles. The third kappa shape index (κ3) is 21.9. The number of halogens is 6. The number of hydrogen-bond donors (Lipinski definition) is 22. The first-order chi connectivity index (χ1) is 52.3. The number of ether oxygens (including phenoxy) is 7. The van der Waals surface area contributed by atoms with Gasteiger partial charge >= 0.3 is 12.4 Å². The Morgan fingerprint density at radius 2 is 1.22 bits per heavy atom. The zero-order chi connectivity index (χ0) is 81.8. The van der Waals surface area contributed by atoms with E-state index >= 15 is 9.59 Å². The number of nitrogens with zero attached hydrogens (tertiary/aromatic N) is 2. The monoisotopic (exact) mass is 1600 g/mol. The molecule has 25 N–H and O–H groups in total. The smallest absolute Gasteiger partial charge is 0.430 e. The molecule has 620 valence electrons. The fourth-order valence-corrected chi connectivity index (χ4v) is 13.5. The van der Waals surface area contributed by atoms with Crippen molar-refractivity contribution in [2.24, 2.45) is 27.4 Å². The van der Waals surface area contributed by atoms with Gasteiger partial charge in [-0.15, -0.1) is 0 Å². The standard InChI is InChI=1S/C60H86N12O25.2C2HF3O2/c1-23(25-7-3-2-4-8-25)36-52(88)66-28(15-24-11-13-27(14-12-24)92-57-46(84)43(81)48(33(21-75)94-57)97-58-47(85)44(82)49-34(95-58)22-91-56(96-49)26-9-5-6-10-26)51(87)70-37(39(77)29-16-64-59(61)68-29)54(90)71-38(53(89)67-30(19-73)50(86)63-18-35(76)69-36)40(78)31-17-65-60(62)72(31)55-45(83)42(80)41(79)32(20-74)93-55;2*3-2(4,5)1(6)7/h2-4,7-8,11-14,23,26,28-34,36-49,55-58,73-75,77-85H,5-6,9-10,15-22H2,1H3,(H2,62,65)(H,63,86)(H,66,88)(H,67,89)(H,69,76)(H,70,87)(H,71,90)(H3,61,64,68);2*(H,6,7)/t23-,28+,29-,30-,31-,32+,33+,34+,36-,37-,38+,39-,40-,41+,42-,43+,44+,45-,46-,47-,48+,49+,55-,56+,57-,58+;;/m0../s1. The summed E-state index contributed by atoms with van der Waals surface area (Å²) in [6, 6.07) is 1.47. The van der Waals surface area contributed by atoms with E-state index in [1.165, 1.54) is 29.6 Å². The number of aliphatic hydroxyl groups is 12. The Bertz CT molecular complexity index is 3550. The summed E-state index contributed by atoms with van der Waals surface area (Å²) in [5.41, 5.74) is 13.0. The average Bonchev–Trinajstić information content (AvgIpc) is 1.77. The Kier molecular flexibility index (Phi) is 30.6. The number of nitrogens with one attached hydrogen (secondary N) is 7. The van der Waals surface area contributed by atoms with E-state index in [1.54, 1.807) is 37.3 Å². The maximum absolute atomic E-state index is 15.2. The molecule has 0 aromatic heterocycles. The van der Waals surface area contributed by atoms with Crippen LogP contribution in [0.15, 0.2) is 64.6 Å². The Labute approximate surface area is 624 Å². The van der Waals surface area contributed by atoms with Crippen LogP contribution in [0.2, 0.25) is 0 Å². The Balaban J connectivity index is 0.00000101. The number of alkyl halides is 6. The predicted octanol–water partition coefficient (Wildman–Crippen LogP) is -14.9. The number of fused-ring (bicyclic) bond motifs is 1. The van der Waals surface area contributed by atoms with Crippen molar-refractivity contribution in [3.8, 4) is 5.75 Å². The largest absolute Gasteiger partial charge is 0.542 e. The molecule has 1 aliphatic carbocycles. The van der Waals surface area contributed by atoms with Crippen molar-refractivity contribution in [2.45, 2.75) is 210 Å². The second-order valence-corrected chi connectivity index (χ2v) is 27.1. The van der Waals surface area contributed by atoms with E-state index < -0.39 is 264 Å². The van der Waals surface area contributed by atoms with Crippen LogP contribution < -0.4 is 68.5 Å². The van der Waals surface area contributed by atoms with Gasteiger partial charge in [-0.25, -0.2) is 14.9 Å². The number of carbonyl (C=O) groups is 8. The van der Waals surface area contributed by atoms with E-state index in [2.05, 4.69) is 41.9 Å². The highest BCUT2D eigenvalue weighted by Crippen LogP contribution is 2.38. The number of amides is 6. The van der Waals surface area contributed by atoms with Crippen molar-refractivity contribution in [3.63, 3.8) is 0 Å². The van der Waals surface area contributed by atoms with Crippen LogP contribution in [0.3, 0.4) is 0 Å². The molecular weight excluding hydrogens is 1510 g/mol. The number of guanidine groups is 2. The predicted molar refractivity (Wildman–Crippen MR) is 347 cm³/mol. The number of carboxylic acid groups (broad SMARTS) is 2. The Morgan fingerprint density at radius 1 is 0.640 bits per heavy atom. The number of rotatable bonds is 17. The Morgan fingerprint density at radius 3 is 1.80 bits per heavy atom. The number of benzene rings is 2. The normalized spacial score (nSPS) is 35.7. The number of quaternary nitrogens is 2. The van der Waals surface area contributed by atoms with E-state index in [1.807, 2.05) is 0 Å². The molecule has 1 unspecified atom stereocenters. The second kappa shape index (κ2) is 38.5. The first kappa shape index (κ1) is 88.3. The second-order valence-electron chi connectivity index (χ2n) is 27.1. The lowest BCUT2D eigenvalue weighted by Crippen LogP contribution is -3.25. The quantitative estimate of drug-likeness (QED) is 0.0654. The lowest BCUT2D eigenvalue weighted by Gasteiger charge is -2.49. The van der Waals surface area contributed by atoms with Gasteiger partial charge in [0.25, 0.3) is 11.9 Å². The summed E-state index contributed by atoms with van der Waals surface area (Å²) >= 11 is 0. The number of carbonyl (C=O) groups excluding carboxylic acids is 8. The van der Waals surface area contributed by atoms with Crippen LogP contribution in [0.5, 0.6) is 5.75 Å². The summed E-state index contributed by atoms with van der Waals surface area (Å²) in [5, 5.41) is 167. The summed E-state index contributed by atoms with van der Waals surface area (Å²) in [7, 11) is 0. The van der Waals surface area contributed by atoms with Gasteiger partial charge in [-0.1, -0.05) is 62.2 Å². The number of aliphatic hydroxyl groups excluding tert-OH is 12. The van der Waals surface area contributed by atoms with Crippen molar-refractivity contribution in [1.29, 1.82) is 0 Å². The van der Waals surface area contributed by atoms with Gasteiger partial charge in [-0.3, -0.25) is 34.1 Å². The zero-order valence-corrected chi connectivity index (χ0v) is 58.5. The molecule has 7 aliphatic heterocycles. The van der Waals surface area contributed by atoms with Crippen LogP contribution in [0.25, 0.3) is 0 Å². The number of hydrogen-bond acceptors (Lipinski definition) is 33. The summed E-state index contributed by atoms with van der Waals surface area (Å²) in [6.45, 7) is -2.90. The highest BCUT2D eigenvalue weighted by atomic mass is 19.4. The van der Waals surface area contributed by atoms with Gasteiger partial charge in [0, 0.05) is 18.3 Å². The highest BCUT2D eigenvalue weighted by Gasteiger charge is 2.58. The van der Waals surface area contributed by atoms with Gasteiger partial charge in [0.15, 0.2) is 18.7 Å². The maximum Gasteiger partial charge on any atom is 0.430 e. The molecule has 0 radical (unpaired) electrons. The fraction of sp³-hybridized carbons (Fsp3) is 0.656. The maximum atomic E-state index is 15.2. The molecule has 6 fully saturated rings. The number of aliphatic imine (C=N–C) groups is 2. The van der Waals surface area contributed by atoms with Crippen LogP contribution >= 0.6 is 0 Å². The fourth-order valence-electron chi connectivity index (χ4n) is 13.5. The lowest BCUT2D eigenvalue weighted by molar-refractivity contribution is -0.895. The third-order valence-corrected chi connectivity index (χ3v) is 19.5. The summed E-state index contributed by atoms with van der Waals surface area (Å²) in [5.74, 6) is -14.4. The minimum absolute atomic E-state index is 0.00304. The summed E-state index contributed by atoms with van der Waals surface area (Å²) in [4.78, 5) is 113. The topological polar surface area (TPSA) is 660 Å². The van der Waals surface area contributed by atoms with Gasteiger partial charge in [0.2, 0.25) is 48.0 Å². The van der Waals surface area contributed by atoms with Crippen molar-refractivity contribution in [1.82, 2.24) is 31.9 Å². The summed E-state index contributed by atoms with van der Waals surface area (Å²) < 4.78 is 105. The van der Waals surface area contributed by atoms with Gasteiger partial charge in [0.1, 0.15) is 152 Å². The molecule has 8 aliphatic rings. The van der Waals surface area contributed by atoms with Gasteiger partial charge in [-0.2, -0.15) is 26.3 Å². The number of nitrogens with two attached hydrogens (primary N) is 3. The zero-order valence-electron chi connectivity index (χ0n) is 58.5. The molecule has 7 heterocycles. The molecule has 27 atom stereocenters. The van der Waals surface area contributed by atoms with Crippen molar-refractivity contribution in [2.75, 3.05) is 46.1 Å². The average molecular weight is 1600 g/mol. The van der Waals surface area contributed by atoms with E-state index in [-0.39, 0.29) is 41.2 Å². The van der Waals surface area contributed by atoms with Crippen LogP contribution in [-0.2, 0) is 73.2 Å². The van der Waals surface area contributed by atoms with Crippen LogP contribution in [-0.4, -0.2) is 332 Å². The van der Waals surface area contributed by atoms with E-state index in [0.717, 1.165) is 25.7 Å². The van der Waals surface area contributed by atoms with Crippen molar-refractivity contribution < 1.29 is 180 Å². The van der Waals surface area contributed by atoms with Crippen molar-refractivity contribution >= 4 is 59.3 Å². The first-order valence-corrected chi connectivity index (χ1v) is 34.6. The minimum atomic E-state index is -5.19. The van der Waals surface area contributed by atoms with Crippen molar-refractivity contribution in [3.05, 3.63) is 65.7 Å². The van der Waals surface area contributed by atoms with Gasteiger partial charge < -0.3 is 158 Å². The molecular formula is C64H88F6N12O29. The number of aliphatic carboxylic acids is 2. The lowest BCUT2D eigenvalue weighted by atomic mass is 9.92. The van der Waals surface area contributed by atoms with Crippen LogP contribution in [0.1, 0.15) is 49.7 Å². The van der Waals surface area contributed by atoms with E-state index in [0.29, 0.717) is 5.56 Å². The minimum Gasteiger partial charge on any atom is -0.542 e.